The number of carbonyl (C=O) groups is 2. The highest BCUT2D eigenvalue weighted by Gasteiger charge is 2.20. The summed E-state index contributed by atoms with van der Waals surface area (Å²) in [6.45, 7) is 6.11. The number of halogens is 2. The van der Waals surface area contributed by atoms with E-state index < -0.39 is 0 Å². The van der Waals surface area contributed by atoms with Crippen LogP contribution in [0.15, 0.2) is 18.2 Å². The number of anilines is 1. The average Bonchev–Trinajstić information content (AvgIpc) is 2.43. The Morgan fingerprint density at radius 1 is 1.23 bits per heavy atom. The number of piperazine rings is 1. The molecular weight excluding hydrogens is 309 g/mol. The molecule has 0 unspecified atom stereocenters. The van der Waals surface area contributed by atoms with Crippen LogP contribution in [0.2, 0.25) is 0 Å². The zero-order chi connectivity index (χ0) is 15.4. The lowest BCUT2D eigenvalue weighted by Gasteiger charge is -2.33. The van der Waals surface area contributed by atoms with E-state index in [1.54, 1.807) is 30.9 Å². The van der Waals surface area contributed by atoms with E-state index in [4.69, 9.17) is 0 Å². The van der Waals surface area contributed by atoms with Crippen molar-refractivity contribution in [3.63, 3.8) is 0 Å². The number of benzene rings is 1. The van der Waals surface area contributed by atoms with Gasteiger partial charge in [0, 0.05) is 38.8 Å². The van der Waals surface area contributed by atoms with E-state index in [9.17, 15) is 14.0 Å². The molecule has 0 bridgehead atoms. The highest BCUT2D eigenvalue weighted by molar-refractivity contribution is 5.92. The summed E-state index contributed by atoms with van der Waals surface area (Å²) in [5, 5.41) is 2.69. The van der Waals surface area contributed by atoms with Gasteiger partial charge in [0.2, 0.25) is 11.8 Å². The van der Waals surface area contributed by atoms with Crippen LogP contribution < -0.4 is 5.32 Å². The molecule has 5 nitrogen and oxygen atoms in total. The van der Waals surface area contributed by atoms with Crippen LogP contribution in [-0.4, -0.2) is 54.3 Å². The van der Waals surface area contributed by atoms with Gasteiger partial charge >= 0.3 is 0 Å². The van der Waals surface area contributed by atoms with Gasteiger partial charge in [-0.15, -0.1) is 12.4 Å². The van der Waals surface area contributed by atoms with Gasteiger partial charge in [0.05, 0.1) is 6.54 Å². The molecule has 1 fully saturated rings. The van der Waals surface area contributed by atoms with Gasteiger partial charge in [0.25, 0.3) is 0 Å². The number of hydrogen-bond donors (Lipinski definition) is 1. The molecule has 1 heterocycles. The van der Waals surface area contributed by atoms with Gasteiger partial charge in [-0.05, 0) is 24.6 Å². The first-order chi connectivity index (χ1) is 9.95. The van der Waals surface area contributed by atoms with Gasteiger partial charge in [-0.2, -0.15) is 0 Å². The maximum atomic E-state index is 13.4. The molecule has 1 aliphatic heterocycles. The summed E-state index contributed by atoms with van der Waals surface area (Å²) < 4.78 is 13.4. The molecule has 0 radical (unpaired) electrons. The molecule has 1 N–H and O–H groups in total. The van der Waals surface area contributed by atoms with E-state index in [2.05, 4.69) is 5.32 Å². The highest BCUT2D eigenvalue weighted by atomic mass is 35.5. The molecule has 1 aliphatic rings. The summed E-state index contributed by atoms with van der Waals surface area (Å²) in [4.78, 5) is 26.9. The third-order valence-electron chi connectivity index (χ3n) is 3.64. The van der Waals surface area contributed by atoms with Crippen LogP contribution in [0.4, 0.5) is 10.1 Å². The van der Waals surface area contributed by atoms with Crippen LogP contribution in [0.5, 0.6) is 0 Å². The maximum absolute atomic E-state index is 13.4. The standard InChI is InChI=1S/C15H20FN3O2.ClH/c1-11-3-4-13(9-14(11)16)17-15(21)10-18-5-7-19(8-6-18)12(2)20;/h3-4,9H,5-8,10H2,1-2H3,(H,17,21);1H. The Labute approximate surface area is 135 Å². The molecule has 0 atom stereocenters. The molecule has 0 aliphatic carbocycles. The molecule has 2 amide bonds. The molecule has 2 rings (SSSR count). The summed E-state index contributed by atoms with van der Waals surface area (Å²) in [6.07, 6.45) is 0. The third-order valence-corrected chi connectivity index (χ3v) is 3.64. The van der Waals surface area contributed by atoms with Crippen molar-refractivity contribution in [2.75, 3.05) is 38.0 Å². The zero-order valence-electron chi connectivity index (χ0n) is 12.8. The van der Waals surface area contributed by atoms with E-state index in [1.807, 2.05) is 4.90 Å². The van der Waals surface area contributed by atoms with Gasteiger partial charge in [0.15, 0.2) is 0 Å². The fourth-order valence-electron chi connectivity index (χ4n) is 2.30. The van der Waals surface area contributed by atoms with Crippen LogP contribution in [0, 0.1) is 12.7 Å². The fourth-order valence-corrected chi connectivity index (χ4v) is 2.30. The average molecular weight is 330 g/mol. The number of carbonyl (C=O) groups excluding carboxylic acids is 2. The molecule has 1 aromatic carbocycles. The SMILES string of the molecule is CC(=O)N1CCN(CC(=O)Nc2ccc(C)c(F)c2)CC1.Cl. The second kappa shape index (κ2) is 8.10. The van der Waals surface area contributed by atoms with Crippen molar-refractivity contribution >= 4 is 29.9 Å². The molecule has 0 spiro atoms. The quantitative estimate of drug-likeness (QED) is 0.917. The highest BCUT2D eigenvalue weighted by Crippen LogP contribution is 2.13. The first-order valence-electron chi connectivity index (χ1n) is 6.99. The predicted molar refractivity (Wildman–Crippen MR) is 85.7 cm³/mol. The molecule has 0 saturated carbocycles. The van der Waals surface area contributed by atoms with Crippen molar-refractivity contribution in [3.05, 3.63) is 29.6 Å². The fraction of sp³-hybridized carbons (Fsp3) is 0.467. The van der Waals surface area contributed by atoms with E-state index in [0.717, 1.165) is 0 Å². The number of amides is 2. The van der Waals surface area contributed by atoms with Gasteiger partial charge < -0.3 is 10.2 Å². The third kappa shape index (κ3) is 4.96. The number of aryl methyl sites for hydroxylation is 1. The molecule has 22 heavy (non-hydrogen) atoms. The molecular formula is C15H21ClFN3O2. The minimum Gasteiger partial charge on any atom is -0.340 e. The topological polar surface area (TPSA) is 52.7 Å². The molecule has 7 heteroatoms. The molecule has 1 aromatic rings. The lowest BCUT2D eigenvalue weighted by molar-refractivity contribution is -0.130. The van der Waals surface area contributed by atoms with Crippen molar-refractivity contribution in [2.45, 2.75) is 13.8 Å². The zero-order valence-corrected chi connectivity index (χ0v) is 13.6. The van der Waals surface area contributed by atoms with E-state index in [0.29, 0.717) is 37.4 Å². The van der Waals surface area contributed by atoms with E-state index >= 15 is 0 Å². The lowest BCUT2D eigenvalue weighted by atomic mass is 10.2. The Morgan fingerprint density at radius 3 is 2.41 bits per heavy atom. The smallest absolute Gasteiger partial charge is 0.238 e. The van der Waals surface area contributed by atoms with Crippen LogP contribution >= 0.6 is 12.4 Å². The van der Waals surface area contributed by atoms with Gasteiger partial charge in [-0.1, -0.05) is 6.07 Å². The number of rotatable bonds is 3. The van der Waals surface area contributed by atoms with Crippen molar-refractivity contribution in [1.29, 1.82) is 0 Å². The normalized spacial score (nSPS) is 15.1. The van der Waals surface area contributed by atoms with Crippen molar-refractivity contribution in [3.8, 4) is 0 Å². The van der Waals surface area contributed by atoms with E-state index in [1.165, 1.54) is 6.07 Å². The maximum Gasteiger partial charge on any atom is 0.238 e. The Bertz CT molecular complexity index is 546. The van der Waals surface area contributed by atoms with Gasteiger partial charge in [-0.3, -0.25) is 14.5 Å². The van der Waals surface area contributed by atoms with Crippen LogP contribution in [0.25, 0.3) is 0 Å². The second-order valence-corrected chi connectivity index (χ2v) is 5.29. The largest absolute Gasteiger partial charge is 0.340 e. The van der Waals surface area contributed by atoms with Crippen LogP contribution in [-0.2, 0) is 9.59 Å². The number of nitrogens with zero attached hydrogens (tertiary/aromatic N) is 2. The van der Waals surface area contributed by atoms with Crippen LogP contribution in [0.1, 0.15) is 12.5 Å². The molecule has 0 aromatic heterocycles. The summed E-state index contributed by atoms with van der Waals surface area (Å²) in [7, 11) is 0. The summed E-state index contributed by atoms with van der Waals surface area (Å²) >= 11 is 0. The van der Waals surface area contributed by atoms with Crippen molar-refractivity contribution in [1.82, 2.24) is 9.80 Å². The number of nitrogens with one attached hydrogen (secondary N) is 1. The van der Waals surface area contributed by atoms with Crippen molar-refractivity contribution < 1.29 is 14.0 Å². The minimum absolute atomic E-state index is 0. The Balaban J connectivity index is 0.00000242. The number of hydrogen-bond acceptors (Lipinski definition) is 3. The second-order valence-electron chi connectivity index (χ2n) is 5.29. The first-order valence-corrected chi connectivity index (χ1v) is 6.99. The minimum atomic E-state index is -0.331. The monoisotopic (exact) mass is 329 g/mol. The summed E-state index contributed by atoms with van der Waals surface area (Å²) in [5.74, 6) is -0.438. The molecule has 1 saturated heterocycles. The Kier molecular flexibility index (Phi) is 6.77. The Morgan fingerprint density at radius 2 is 1.86 bits per heavy atom. The van der Waals surface area contributed by atoms with Crippen LogP contribution in [0.3, 0.4) is 0 Å². The van der Waals surface area contributed by atoms with Gasteiger partial charge in [0.1, 0.15) is 5.82 Å². The van der Waals surface area contributed by atoms with Crippen molar-refractivity contribution in [2.24, 2.45) is 0 Å². The lowest BCUT2D eigenvalue weighted by Crippen LogP contribution is -2.49. The summed E-state index contributed by atoms with van der Waals surface area (Å²) in [5.41, 5.74) is 1.01. The summed E-state index contributed by atoms with van der Waals surface area (Å²) in [6, 6.07) is 4.64. The van der Waals surface area contributed by atoms with Gasteiger partial charge in [-0.25, -0.2) is 4.39 Å². The van der Waals surface area contributed by atoms with E-state index in [-0.39, 0.29) is 36.6 Å². The Hall–Kier alpha value is -1.66. The predicted octanol–water partition coefficient (Wildman–Crippen LogP) is 1.66. The molecule has 122 valence electrons. The first kappa shape index (κ1) is 18.4.